The fraction of sp³-hybridized carbons (Fsp3) is 0.458. The number of ether oxygens (including phenoxy) is 3. The molecule has 1 aliphatic carbocycles. The number of likely N-dealkylation sites (tertiary alicyclic amines) is 1. The summed E-state index contributed by atoms with van der Waals surface area (Å²) < 4.78 is 17.2. The summed E-state index contributed by atoms with van der Waals surface area (Å²) in [6.07, 6.45) is 5.07. The Morgan fingerprint density at radius 2 is 1.83 bits per heavy atom. The van der Waals surface area contributed by atoms with Crippen molar-refractivity contribution in [3.63, 3.8) is 0 Å². The second-order valence-electron chi connectivity index (χ2n) is 7.95. The highest BCUT2D eigenvalue weighted by molar-refractivity contribution is 5.71. The number of amides is 1. The van der Waals surface area contributed by atoms with Crippen molar-refractivity contribution in [1.29, 1.82) is 0 Å². The quantitative estimate of drug-likeness (QED) is 0.765. The van der Waals surface area contributed by atoms with Crippen LogP contribution >= 0.6 is 0 Å². The van der Waals surface area contributed by atoms with Crippen molar-refractivity contribution in [3.8, 4) is 17.2 Å². The summed E-state index contributed by atoms with van der Waals surface area (Å²) >= 11 is 0. The molecule has 2 aromatic rings. The first-order chi connectivity index (χ1) is 14.7. The van der Waals surface area contributed by atoms with Gasteiger partial charge in [0.1, 0.15) is 5.75 Å². The molecule has 2 atom stereocenters. The van der Waals surface area contributed by atoms with Gasteiger partial charge in [-0.1, -0.05) is 24.3 Å². The summed E-state index contributed by atoms with van der Waals surface area (Å²) in [5.41, 5.74) is 1.04. The minimum Gasteiger partial charge on any atom is -0.493 e. The van der Waals surface area contributed by atoms with Crippen LogP contribution in [-0.4, -0.2) is 48.5 Å². The number of carbonyl (C=O) groups excluding carboxylic acids is 1. The predicted molar refractivity (Wildman–Crippen MR) is 113 cm³/mol. The molecule has 1 saturated carbocycles. The number of hydrogen-bond acceptors (Lipinski definition) is 5. The van der Waals surface area contributed by atoms with E-state index >= 15 is 0 Å². The van der Waals surface area contributed by atoms with E-state index in [2.05, 4.69) is 0 Å². The Hall–Kier alpha value is -2.73. The highest BCUT2D eigenvalue weighted by atomic mass is 16.6. The fourth-order valence-electron chi connectivity index (χ4n) is 4.54. The summed E-state index contributed by atoms with van der Waals surface area (Å²) in [6.45, 7) is 0.409. The lowest BCUT2D eigenvalue weighted by Crippen LogP contribution is -2.41. The van der Waals surface area contributed by atoms with Crippen molar-refractivity contribution in [1.82, 2.24) is 4.90 Å². The fourth-order valence-corrected chi connectivity index (χ4v) is 4.54. The van der Waals surface area contributed by atoms with Gasteiger partial charge in [-0.05, 0) is 61.9 Å². The maximum atomic E-state index is 12.7. The Kier molecular flexibility index (Phi) is 6.43. The van der Waals surface area contributed by atoms with E-state index in [1.165, 1.54) is 12.8 Å². The standard InChI is InChI=1S/C24H29NO5/c1-28-22-12-11-17(15-23(22)29-18-9-5-6-10-18)20-13-14-25(21(20)16-26)24(27)30-19-7-3-2-4-8-19/h2-4,7-8,11-12,15,18,20-21,26H,5-6,9-10,13-14,16H2,1H3/t20-,21-/m1/s1. The summed E-state index contributed by atoms with van der Waals surface area (Å²) in [7, 11) is 1.64. The van der Waals surface area contributed by atoms with E-state index in [1.807, 2.05) is 36.4 Å². The van der Waals surface area contributed by atoms with Gasteiger partial charge >= 0.3 is 6.09 Å². The van der Waals surface area contributed by atoms with Crippen LogP contribution in [0.3, 0.4) is 0 Å². The lowest BCUT2D eigenvalue weighted by atomic mass is 9.92. The highest BCUT2D eigenvalue weighted by Gasteiger charge is 2.39. The van der Waals surface area contributed by atoms with Crippen LogP contribution in [0.2, 0.25) is 0 Å². The second-order valence-corrected chi connectivity index (χ2v) is 7.95. The summed E-state index contributed by atoms with van der Waals surface area (Å²) in [6, 6.07) is 14.6. The van der Waals surface area contributed by atoms with Gasteiger partial charge in [0.05, 0.1) is 25.9 Å². The number of hydrogen-bond donors (Lipinski definition) is 1. The minimum atomic E-state index is -0.432. The first-order valence-corrected chi connectivity index (χ1v) is 10.7. The van der Waals surface area contributed by atoms with Gasteiger partial charge in [0.25, 0.3) is 0 Å². The number of nitrogens with zero attached hydrogens (tertiary/aromatic N) is 1. The van der Waals surface area contributed by atoms with Gasteiger partial charge in [-0.15, -0.1) is 0 Å². The molecule has 6 heteroatoms. The van der Waals surface area contributed by atoms with Gasteiger partial charge in [-0.25, -0.2) is 4.79 Å². The zero-order chi connectivity index (χ0) is 20.9. The molecule has 0 spiro atoms. The third-order valence-electron chi connectivity index (χ3n) is 6.13. The zero-order valence-electron chi connectivity index (χ0n) is 17.3. The monoisotopic (exact) mass is 411 g/mol. The summed E-state index contributed by atoms with van der Waals surface area (Å²) in [4.78, 5) is 14.3. The molecule has 2 aliphatic rings. The maximum Gasteiger partial charge on any atom is 0.415 e. The number of methoxy groups -OCH3 is 1. The molecule has 160 valence electrons. The van der Waals surface area contributed by atoms with E-state index in [0.29, 0.717) is 18.0 Å². The summed E-state index contributed by atoms with van der Waals surface area (Å²) in [5, 5.41) is 10.1. The first-order valence-electron chi connectivity index (χ1n) is 10.7. The highest BCUT2D eigenvalue weighted by Crippen LogP contribution is 2.39. The van der Waals surface area contributed by atoms with Crippen molar-refractivity contribution >= 4 is 6.09 Å². The number of aliphatic hydroxyl groups excluding tert-OH is 1. The normalized spacial score (nSPS) is 21.6. The summed E-state index contributed by atoms with van der Waals surface area (Å²) in [5.74, 6) is 1.96. The van der Waals surface area contributed by atoms with Crippen molar-refractivity contribution in [2.45, 2.75) is 50.2 Å². The number of benzene rings is 2. The van der Waals surface area contributed by atoms with E-state index in [0.717, 1.165) is 30.6 Å². The Labute approximate surface area is 177 Å². The molecule has 1 heterocycles. The molecular weight excluding hydrogens is 382 g/mol. The van der Waals surface area contributed by atoms with Crippen LogP contribution in [0, 0.1) is 0 Å². The van der Waals surface area contributed by atoms with Crippen LogP contribution in [0.4, 0.5) is 4.79 Å². The van der Waals surface area contributed by atoms with Gasteiger partial charge < -0.3 is 24.2 Å². The third kappa shape index (κ3) is 4.38. The Balaban J connectivity index is 1.51. The molecule has 2 fully saturated rings. The average Bonchev–Trinajstić information content (AvgIpc) is 3.44. The van der Waals surface area contributed by atoms with E-state index in [1.54, 1.807) is 24.1 Å². The smallest absolute Gasteiger partial charge is 0.415 e. The molecule has 0 unspecified atom stereocenters. The van der Waals surface area contributed by atoms with Gasteiger partial charge in [0, 0.05) is 12.5 Å². The van der Waals surface area contributed by atoms with E-state index in [4.69, 9.17) is 14.2 Å². The van der Waals surface area contributed by atoms with Crippen molar-refractivity contribution < 1.29 is 24.1 Å². The van der Waals surface area contributed by atoms with Crippen LogP contribution in [-0.2, 0) is 0 Å². The van der Waals surface area contributed by atoms with Crippen molar-refractivity contribution in [2.75, 3.05) is 20.3 Å². The molecule has 1 saturated heterocycles. The molecule has 0 aromatic heterocycles. The van der Waals surface area contributed by atoms with Crippen molar-refractivity contribution in [2.24, 2.45) is 0 Å². The van der Waals surface area contributed by atoms with Gasteiger partial charge in [-0.2, -0.15) is 0 Å². The Morgan fingerprint density at radius 1 is 1.07 bits per heavy atom. The van der Waals surface area contributed by atoms with Gasteiger partial charge in [0.15, 0.2) is 11.5 Å². The number of aliphatic hydroxyl groups is 1. The molecular formula is C24H29NO5. The van der Waals surface area contributed by atoms with E-state index < -0.39 is 6.09 Å². The van der Waals surface area contributed by atoms with Crippen LogP contribution in [0.1, 0.15) is 43.6 Å². The van der Waals surface area contributed by atoms with Crippen LogP contribution in [0.15, 0.2) is 48.5 Å². The van der Waals surface area contributed by atoms with Gasteiger partial charge in [0.2, 0.25) is 0 Å². The first kappa shape index (κ1) is 20.5. The SMILES string of the molecule is COc1ccc([C@H]2CCN(C(=O)Oc3ccccc3)[C@@H]2CO)cc1OC1CCCC1. The van der Waals surface area contributed by atoms with Crippen LogP contribution < -0.4 is 14.2 Å². The van der Waals surface area contributed by atoms with E-state index in [-0.39, 0.29) is 24.7 Å². The number of rotatable bonds is 6. The largest absolute Gasteiger partial charge is 0.493 e. The van der Waals surface area contributed by atoms with Crippen molar-refractivity contribution in [3.05, 3.63) is 54.1 Å². The Morgan fingerprint density at radius 3 is 2.53 bits per heavy atom. The lowest BCUT2D eigenvalue weighted by molar-refractivity contribution is 0.120. The lowest BCUT2D eigenvalue weighted by Gasteiger charge is -2.26. The number of carbonyl (C=O) groups is 1. The maximum absolute atomic E-state index is 12.7. The van der Waals surface area contributed by atoms with Crippen LogP contribution in [0.25, 0.3) is 0 Å². The minimum absolute atomic E-state index is 0.00941. The molecule has 0 radical (unpaired) electrons. The van der Waals surface area contributed by atoms with Crippen LogP contribution in [0.5, 0.6) is 17.2 Å². The molecule has 1 amide bonds. The zero-order valence-corrected chi connectivity index (χ0v) is 17.3. The second kappa shape index (κ2) is 9.39. The molecule has 1 N–H and O–H groups in total. The third-order valence-corrected chi connectivity index (χ3v) is 6.13. The Bertz CT molecular complexity index is 850. The molecule has 4 rings (SSSR count). The molecule has 30 heavy (non-hydrogen) atoms. The predicted octanol–water partition coefficient (Wildman–Crippen LogP) is 4.37. The topological polar surface area (TPSA) is 68.2 Å². The molecule has 0 bridgehead atoms. The molecule has 2 aromatic carbocycles. The molecule has 1 aliphatic heterocycles. The number of para-hydroxylation sites is 1. The molecule has 6 nitrogen and oxygen atoms in total. The van der Waals surface area contributed by atoms with Gasteiger partial charge in [-0.3, -0.25) is 0 Å². The average molecular weight is 411 g/mol. The van der Waals surface area contributed by atoms with E-state index in [9.17, 15) is 9.90 Å².